The Hall–Kier alpha value is -1.33. The van der Waals surface area contributed by atoms with Gasteiger partial charge in [0, 0.05) is 24.8 Å². The average molecular weight is 529 g/mol. The van der Waals surface area contributed by atoms with Crippen molar-refractivity contribution in [3.63, 3.8) is 0 Å². The molecule has 0 aliphatic heterocycles. The number of aryl methyl sites for hydroxylation is 1. The second kappa shape index (κ2) is 15.0. The second-order valence-electron chi connectivity index (χ2n) is 9.42. The average Bonchev–Trinajstić information content (AvgIpc) is 3.31. The van der Waals surface area contributed by atoms with E-state index in [4.69, 9.17) is 30.6 Å². The first-order valence-electron chi connectivity index (χ1n) is 12.4. The minimum atomic E-state index is -2.62. The number of benzene rings is 1. The van der Waals surface area contributed by atoms with Gasteiger partial charge in [0.2, 0.25) is 0 Å². The quantitative estimate of drug-likeness (QED) is 0.364. The normalized spacial score (nSPS) is 14.7. The van der Waals surface area contributed by atoms with Gasteiger partial charge in [0.05, 0.1) is 17.8 Å². The van der Waals surface area contributed by atoms with Crippen LogP contribution in [0.3, 0.4) is 0 Å². The van der Waals surface area contributed by atoms with Gasteiger partial charge in [-0.05, 0) is 63.1 Å². The minimum Gasteiger partial charge on any atom is -0.387 e. The van der Waals surface area contributed by atoms with Crippen LogP contribution in [0.4, 0.5) is 0 Å². The molecule has 2 rings (SSSR count). The molecule has 0 bridgehead atoms. The smallest absolute Gasteiger partial charge is 0.387 e. The lowest BCUT2D eigenvalue weighted by molar-refractivity contribution is -0.0796. The molecule has 1 aromatic carbocycles. The molecule has 0 fully saturated rings. The van der Waals surface area contributed by atoms with Gasteiger partial charge in [-0.2, -0.15) is 5.10 Å². The van der Waals surface area contributed by atoms with Crippen LogP contribution in [0.25, 0.3) is 0 Å². The maximum atomic E-state index is 11.1. The van der Waals surface area contributed by atoms with Gasteiger partial charge in [-0.3, -0.25) is 4.68 Å². The van der Waals surface area contributed by atoms with Crippen molar-refractivity contribution >= 4 is 20.4 Å². The fourth-order valence-electron chi connectivity index (χ4n) is 3.58. The molecule has 35 heavy (non-hydrogen) atoms. The summed E-state index contributed by atoms with van der Waals surface area (Å²) in [6.45, 7) is 16.1. The number of hydrogen-bond acceptors (Lipinski definition) is 7. The molecule has 1 aromatic heterocycles. The van der Waals surface area contributed by atoms with E-state index >= 15 is 0 Å². The SMILES string of the molecule is CC(C)(C)C(O)(CCc1ccc(Cl)cc1)Cn1cncn1.CCO[Si](OCC)(OCC)C(N)CC. The van der Waals surface area contributed by atoms with Crippen LogP contribution in [0.1, 0.15) is 66.9 Å². The van der Waals surface area contributed by atoms with Gasteiger partial charge in [-0.15, -0.1) is 0 Å². The Kier molecular flexibility index (Phi) is 13.6. The maximum Gasteiger partial charge on any atom is 0.518 e. The zero-order valence-corrected chi connectivity index (χ0v) is 24.2. The van der Waals surface area contributed by atoms with Gasteiger partial charge < -0.3 is 24.1 Å². The van der Waals surface area contributed by atoms with E-state index in [1.165, 1.54) is 11.9 Å². The van der Waals surface area contributed by atoms with E-state index in [0.717, 1.165) is 17.9 Å². The summed E-state index contributed by atoms with van der Waals surface area (Å²) in [5, 5.41) is 16.0. The van der Waals surface area contributed by atoms with E-state index in [1.807, 2.05) is 72.7 Å². The molecule has 0 aliphatic carbocycles. The summed E-state index contributed by atoms with van der Waals surface area (Å²) in [5.41, 5.74) is 5.92. The predicted octanol–water partition coefficient (Wildman–Crippen LogP) is 4.65. The fourth-order valence-corrected chi connectivity index (χ4v) is 6.30. The molecular formula is C25H45ClN4O4Si. The van der Waals surface area contributed by atoms with Crippen molar-refractivity contribution in [1.29, 1.82) is 0 Å². The zero-order chi connectivity index (χ0) is 26.5. The van der Waals surface area contributed by atoms with Gasteiger partial charge in [-0.25, -0.2) is 4.98 Å². The first kappa shape index (κ1) is 31.7. The highest BCUT2D eigenvalue weighted by molar-refractivity contribution is 6.62. The van der Waals surface area contributed by atoms with Crippen LogP contribution in [0.5, 0.6) is 0 Å². The van der Waals surface area contributed by atoms with Crippen molar-refractivity contribution in [2.45, 2.75) is 85.5 Å². The van der Waals surface area contributed by atoms with Crippen LogP contribution in [0.15, 0.2) is 36.9 Å². The first-order chi connectivity index (χ1) is 16.5. The summed E-state index contributed by atoms with van der Waals surface area (Å²) in [5.74, 6) is 0. The Labute approximate surface area is 217 Å². The molecule has 2 atom stereocenters. The molecule has 8 nitrogen and oxygen atoms in total. The Balaban J connectivity index is 0.000000383. The third-order valence-corrected chi connectivity index (χ3v) is 9.60. The van der Waals surface area contributed by atoms with E-state index in [9.17, 15) is 5.11 Å². The zero-order valence-electron chi connectivity index (χ0n) is 22.5. The molecule has 0 radical (unpaired) electrons. The van der Waals surface area contributed by atoms with Crippen LogP contribution in [0, 0.1) is 5.41 Å². The Bertz CT molecular complexity index is 801. The molecule has 2 aromatic rings. The summed E-state index contributed by atoms with van der Waals surface area (Å²) < 4.78 is 18.6. The molecule has 10 heteroatoms. The van der Waals surface area contributed by atoms with Crippen molar-refractivity contribution in [2.75, 3.05) is 19.8 Å². The third-order valence-electron chi connectivity index (χ3n) is 5.96. The minimum absolute atomic E-state index is 0.123. The number of nitrogens with zero attached hydrogens (tertiary/aromatic N) is 3. The highest BCUT2D eigenvalue weighted by atomic mass is 35.5. The topological polar surface area (TPSA) is 105 Å². The summed E-state index contributed by atoms with van der Waals surface area (Å²) in [4.78, 5) is 3.94. The van der Waals surface area contributed by atoms with Crippen LogP contribution in [-0.4, -0.2) is 59.8 Å². The van der Waals surface area contributed by atoms with E-state index in [1.54, 1.807) is 11.0 Å². The summed E-state index contributed by atoms with van der Waals surface area (Å²) in [6.07, 6.45) is 5.38. The maximum absolute atomic E-state index is 11.1. The van der Waals surface area contributed by atoms with E-state index in [0.29, 0.717) is 32.8 Å². The molecule has 200 valence electrons. The van der Waals surface area contributed by atoms with Gasteiger partial charge in [0.25, 0.3) is 0 Å². The molecule has 1 heterocycles. The number of aromatic nitrogens is 3. The lowest BCUT2D eigenvalue weighted by Gasteiger charge is -2.40. The van der Waals surface area contributed by atoms with E-state index in [-0.39, 0.29) is 11.1 Å². The summed E-state index contributed by atoms with van der Waals surface area (Å²) in [7, 11) is -2.62. The largest absolute Gasteiger partial charge is 0.518 e. The first-order valence-corrected chi connectivity index (χ1v) is 14.6. The number of aliphatic hydroxyl groups is 1. The van der Waals surface area contributed by atoms with E-state index in [2.05, 4.69) is 10.1 Å². The molecule has 0 aliphatic rings. The summed E-state index contributed by atoms with van der Waals surface area (Å²) in [6, 6.07) is 7.76. The van der Waals surface area contributed by atoms with Crippen LogP contribution < -0.4 is 5.73 Å². The molecule has 0 saturated carbocycles. The van der Waals surface area contributed by atoms with Crippen LogP contribution >= 0.6 is 11.6 Å². The van der Waals surface area contributed by atoms with Gasteiger partial charge in [0.1, 0.15) is 12.7 Å². The molecule has 2 unspecified atom stereocenters. The number of hydrogen-bond donors (Lipinski definition) is 2. The Morgan fingerprint density at radius 1 is 1.03 bits per heavy atom. The number of nitrogens with two attached hydrogens (primary N) is 1. The second-order valence-corrected chi connectivity index (χ2v) is 12.7. The molecule has 0 saturated heterocycles. The lowest BCUT2D eigenvalue weighted by Crippen LogP contribution is -2.60. The highest BCUT2D eigenvalue weighted by Crippen LogP contribution is 2.35. The lowest BCUT2D eigenvalue weighted by atomic mass is 9.73. The fraction of sp³-hybridized carbons (Fsp3) is 0.680. The van der Waals surface area contributed by atoms with Crippen molar-refractivity contribution in [3.8, 4) is 0 Å². The molecule has 0 amide bonds. The molecular weight excluding hydrogens is 484 g/mol. The van der Waals surface area contributed by atoms with Crippen molar-refractivity contribution in [1.82, 2.24) is 14.8 Å². The van der Waals surface area contributed by atoms with Crippen molar-refractivity contribution < 1.29 is 18.4 Å². The molecule has 0 spiro atoms. The summed E-state index contributed by atoms with van der Waals surface area (Å²) >= 11 is 5.90. The van der Waals surface area contributed by atoms with Gasteiger partial charge in [-0.1, -0.05) is 51.4 Å². The van der Waals surface area contributed by atoms with Crippen LogP contribution in [0.2, 0.25) is 5.02 Å². The van der Waals surface area contributed by atoms with Crippen LogP contribution in [-0.2, 0) is 26.2 Å². The van der Waals surface area contributed by atoms with Crippen molar-refractivity contribution in [2.24, 2.45) is 11.1 Å². The molecule has 3 N–H and O–H groups in total. The highest BCUT2D eigenvalue weighted by Gasteiger charge is 2.46. The van der Waals surface area contributed by atoms with Gasteiger partial charge in [0.15, 0.2) is 0 Å². The predicted molar refractivity (Wildman–Crippen MR) is 143 cm³/mol. The number of rotatable bonds is 13. The Morgan fingerprint density at radius 3 is 1.97 bits per heavy atom. The third kappa shape index (κ3) is 9.91. The van der Waals surface area contributed by atoms with Gasteiger partial charge >= 0.3 is 8.80 Å². The standard InChI is InChI=1S/C16H22ClN3O.C9H23NO3Si/c1-15(2,3)16(21,10-20-12-18-11-19-20)9-8-13-4-6-14(17)7-5-13;1-5-9(10)14(11-6-2,12-7-3)13-8-4/h4-7,11-12,21H,8-10H2,1-3H3;9H,5-8,10H2,1-4H3. The van der Waals surface area contributed by atoms with Crippen molar-refractivity contribution in [3.05, 3.63) is 47.5 Å². The monoisotopic (exact) mass is 528 g/mol. The van der Waals surface area contributed by atoms with E-state index < -0.39 is 14.4 Å². The number of halogens is 1. The Morgan fingerprint density at radius 2 is 1.57 bits per heavy atom.